The predicted molar refractivity (Wildman–Crippen MR) is 170 cm³/mol. The van der Waals surface area contributed by atoms with Crippen LogP contribution in [0.3, 0.4) is 0 Å². The number of rotatable bonds is 9. The molecule has 1 radical (unpaired) electrons. The Morgan fingerprint density at radius 3 is 1.88 bits per heavy atom. The first-order valence-electron chi connectivity index (χ1n) is 13.5. The van der Waals surface area contributed by atoms with Crippen molar-refractivity contribution in [3.8, 4) is 23.0 Å². The van der Waals surface area contributed by atoms with Crippen LogP contribution in [0.5, 0.6) is 23.0 Å². The molecule has 0 aromatic heterocycles. The van der Waals surface area contributed by atoms with Crippen LogP contribution in [0.15, 0.2) is 138 Å². The number of phenols is 2. The summed E-state index contributed by atoms with van der Waals surface area (Å²) in [6, 6.07) is 21.5. The number of aliphatic hydroxyl groups is 1. The van der Waals surface area contributed by atoms with Gasteiger partial charge in [-0.25, -0.2) is 4.99 Å². The monoisotopic (exact) mass is 729 g/mol. The summed E-state index contributed by atoms with van der Waals surface area (Å²) in [5, 5.41) is 78.0. The van der Waals surface area contributed by atoms with Gasteiger partial charge < -0.3 is 31.3 Å². The molecular weight excluding hydrogens is 708 g/mol. The first-order valence-corrected chi connectivity index (χ1v) is 14.9. The van der Waals surface area contributed by atoms with Crippen molar-refractivity contribution in [2.45, 2.75) is 4.90 Å². The van der Waals surface area contributed by atoms with Gasteiger partial charge in [-0.2, -0.15) is 23.8 Å². The number of aliphatic hydroxyl groups excluding tert-OH is 1. The van der Waals surface area contributed by atoms with Crippen LogP contribution in [0.1, 0.15) is 5.56 Å². The van der Waals surface area contributed by atoms with E-state index in [0.717, 1.165) is 24.3 Å². The summed E-state index contributed by atoms with van der Waals surface area (Å²) in [7, 11) is -4.60. The molecule has 0 heterocycles. The number of aliphatic imine (C=N–C) groups is 1. The van der Waals surface area contributed by atoms with Crippen LogP contribution < -0.4 is 15.9 Å². The van der Waals surface area contributed by atoms with Gasteiger partial charge in [0.1, 0.15) is 17.1 Å². The number of phenolic OH excluding ortho intramolecular Hbond substituents is 2. The molecule has 0 aliphatic heterocycles. The van der Waals surface area contributed by atoms with E-state index in [1.807, 2.05) is 0 Å². The first-order chi connectivity index (χ1) is 22.9. The molecule has 251 valence electrons. The maximum absolute atomic E-state index is 12.0. The third-order valence-electron chi connectivity index (χ3n) is 6.35. The van der Waals surface area contributed by atoms with E-state index < -0.39 is 37.9 Å². The van der Waals surface area contributed by atoms with Crippen molar-refractivity contribution in [1.82, 2.24) is 0 Å². The van der Waals surface area contributed by atoms with Crippen molar-refractivity contribution in [3.05, 3.63) is 103 Å². The maximum Gasteiger partial charge on any atom is 2.00 e. The Hall–Kier alpha value is -6.20. The quantitative estimate of drug-likeness (QED) is 0.0261. The van der Waals surface area contributed by atoms with E-state index in [2.05, 4.69) is 35.7 Å². The number of anilines is 1. The summed E-state index contributed by atoms with van der Waals surface area (Å²) >= 11 is 0. The van der Waals surface area contributed by atoms with Gasteiger partial charge in [0.15, 0.2) is 11.4 Å². The molecule has 0 bridgehead atoms. The summed E-state index contributed by atoms with van der Waals surface area (Å²) in [6.45, 7) is 0. The number of aromatic hydroxyl groups is 2. The summed E-state index contributed by atoms with van der Waals surface area (Å²) in [5.41, 5.74) is 6.83. The molecule has 0 atom stereocenters. The minimum atomic E-state index is -4.60. The van der Waals surface area contributed by atoms with Gasteiger partial charge in [0.2, 0.25) is 5.90 Å². The zero-order valence-electron chi connectivity index (χ0n) is 24.6. The Labute approximate surface area is 288 Å². The topological polar surface area (TPSA) is 274 Å². The van der Waals surface area contributed by atoms with Crippen LogP contribution in [0.4, 0.5) is 45.5 Å². The number of nitrogens with two attached hydrogens (primary N) is 1. The van der Waals surface area contributed by atoms with Gasteiger partial charge in [-0.15, -0.1) is 21.1 Å². The van der Waals surface area contributed by atoms with Crippen LogP contribution in [-0.4, -0.2) is 34.2 Å². The second-order valence-corrected chi connectivity index (χ2v) is 11.1. The fraction of sp³-hybridized carbons (Fsp3) is 0. The zero-order chi connectivity index (χ0) is 34.4. The molecule has 18 heteroatoms. The Balaban J connectivity index is 0.00000541. The normalized spacial score (nSPS) is 12.1. The molecule has 0 spiro atoms. The summed E-state index contributed by atoms with van der Waals surface area (Å²) < 4.78 is 31.9. The minimum Gasteiger partial charge on any atom is -0.872 e. The van der Waals surface area contributed by atoms with E-state index in [9.17, 15) is 38.5 Å². The molecule has 0 saturated carbocycles. The van der Waals surface area contributed by atoms with E-state index in [4.69, 9.17) is 5.73 Å². The van der Waals surface area contributed by atoms with Crippen molar-refractivity contribution in [1.29, 1.82) is 0 Å². The SMILES string of the molecule is Nc1cc([O-])ccc1N=Nc1ccc(N=C(O)c2ccc(N=Nc3c(O)ccc(N=Nc4cc(S(=O)(=O)O)ccc4[O-])c3O)cc2)cc1.[Cu+2]. The van der Waals surface area contributed by atoms with Crippen molar-refractivity contribution in [2.75, 3.05) is 5.73 Å². The van der Waals surface area contributed by atoms with Gasteiger partial charge in [-0.05, 0) is 84.9 Å². The number of benzene rings is 5. The molecule has 6 N–H and O–H groups in total. The number of azo groups is 3. The molecule has 5 aromatic carbocycles. The van der Waals surface area contributed by atoms with E-state index in [0.29, 0.717) is 22.6 Å². The Kier molecular flexibility index (Phi) is 11.0. The van der Waals surface area contributed by atoms with Gasteiger partial charge in [-0.1, -0.05) is 17.9 Å². The van der Waals surface area contributed by atoms with Gasteiger partial charge in [0.05, 0.1) is 33.3 Å². The standard InChI is InChI=1S/C31H24N8O8S.Cu/c32-23-15-21(40)9-11-24(23)36-34-20-7-5-18(6-8-20)33-31(44)17-1-3-19(4-2-17)35-39-29-28(42)14-12-25(30(29)43)37-38-26-16-22(48(45,46)47)10-13-27(26)41;/h1-16,40-43H,32H2,(H,33,44)(H,45,46,47);/q;+2/p-2. The van der Waals surface area contributed by atoms with Crippen molar-refractivity contribution < 1.29 is 55.6 Å². The molecule has 0 amide bonds. The molecule has 0 fully saturated rings. The van der Waals surface area contributed by atoms with Crippen molar-refractivity contribution in [2.24, 2.45) is 35.7 Å². The third kappa shape index (κ3) is 8.99. The smallest absolute Gasteiger partial charge is 0.872 e. The Morgan fingerprint density at radius 2 is 1.22 bits per heavy atom. The van der Waals surface area contributed by atoms with Gasteiger partial charge in [0, 0.05) is 5.56 Å². The van der Waals surface area contributed by atoms with Crippen LogP contribution in [0.25, 0.3) is 0 Å². The molecular formula is C31H22CuN8O8S. The fourth-order valence-corrected chi connectivity index (χ4v) is 4.38. The molecule has 5 rings (SSSR count). The maximum atomic E-state index is 12.0. The summed E-state index contributed by atoms with van der Waals surface area (Å²) in [6.07, 6.45) is 0. The molecule has 0 unspecified atom stereocenters. The summed E-state index contributed by atoms with van der Waals surface area (Å²) in [5.74, 6) is -2.32. The number of hydrogen-bond acceptors (Lipinski definition) is 14. The predicted octanol–water partition coefficient (Wildman–Crippen LogP) is 6.95. The van der Waals surface area contributed by atoms with Gasteiger partial charge >= 0.3 is 17.1 Å². The Bertz CT molecular complexity index is 2230. The van der Waals surface area contributed by atoms with Crippen LogP contribution >= 0.6 is 0 Å². The molecule has 49 heavy (non-hydrogen) atoms. The fourth-order valence-electron chi connectivity index (χ4n) is 3.88. The Morgan fingerprint density at radius 1 is 0.653 bits per heavy atom. The first kappa shape index (κ1) is 35.6. The third-order valence-corrected chi connectivity index (χ3v) is 7.20. The largest absolute Gasteiger partial charge is 2.00 e. The molecule has 5 aromatic rings. The van der Waals surface area contributed by atoms with E-state index >= 15 is 0 Å². The average Bonchev–Trinajstić information content (AvgIpc) is 3.05. The number of nitrogens with zero attached hydrogens (tertiary/aromatic N) is 7. The second kappa shape index (κ2) is 15.1. The summed E-state index contributed by atoms with van der Waals surface area (Å²) in [4.78, 5) is 3.60. The second-order valence-electron chi connectivity index (χ2n) is 9.72. The number of nitrogen functional groups attached to an aromatic ring is 1. The van der Waals surface area contributed by atoms with E-state index in [-0.39, 0.29) is 51.5 Å². The minimum absolute atomic E-state index is 0. The van der Waals surface area contributed by atoms with Crippen molar-refractivity contribution in [3.63, 3.8) is 0 Å². The molecule has 0 aliphatic rings. The molecule has 16 nitrogen and oxygen atoms in total. The van der Waals surface area contributed by atoms with Crippen molar-refractivity contribution >= 4 is 61.5 Å². The molecule has 0 aliphatic carbocycles. The van der Waals surface area contributed by atoms with Gasteiger partial charge in [0.25, 0.3) is 10.1 Å². The van der Waals surface area contributed by atoms with Crippen LogP contribution in [0, 0.1) is 0 Å². The average molecular weight is 730 g/mol. The van der Waals surface area contributed by atoms with Crippen LogP contribution in [0.2, 0.25) is 0 Å². The van der Waals surface area contributed by atoms with E-state index in [1.165, 1.54) is 48.5 Å². The van der Waals surface area contributed by atoms with E-state index in [1.54, 1.807) is 24.3 Å². The van der Waals surface area contributed by atoms with Gasteiger partial charge in [-0.3, -0.25) is 4.55 Å². The zero-order valence-corrected chi connectivity index (χ0v) is 26.3. The molecule has 0 saturated heterocycles. The number of hydrogen-bond donors (Lipinski definition) is 5. The van der Waals surface area contributed by atoms with Crippen LogP contribution in [-0.2, 0) is 27.2 Å².